The second kappa shape index (κ2) is 9.89. The summed E-state index contributed by atoms with van der Waals surface area (Å²) in [4.78, 5) is 16.3. The molecule has 146 valence electrons. The van der Waals surface area contributed by atoms with Gasteiger partial charge in [-0.05, 0) is 31.4 Å². The van der Waals surface area contributed by atoms with Crippen molar-refractivity contribution in [1.82, 2.24) is 14.9 Å². The number of carbonyl (C=O) groups is 1. The predicted molar refractivity (Wildman–Crippen MR) is 105 cm³/mol. The van der Waals surface area contributed by atoms with E-state index in [1.165, 1.54) is 11.9 Å². The van der Waals surface area contributed by atoms with Crippen molar-refractivity contribution in [3.63, 3.8) is 0 Å². The van der Waals surface area contributed by atoms with Crippen LogP contribution in [0.15, 0.2) is 30.3 Å². The lowest BCUT2D eigenvalue weighted by molar-refractivity contribution is -0.122. The molecule has 2 N–H and O–H groups in total. The molecule has 1 fully saturated rings. The lowest BCUT2D eigenvalue weighted by Crippen LogP contribution is -2.47. The number of carbonyl (C=O) groups excluding carboxylic acids is 1. The fraction of sp³-hybridized carbons (Fsp3) is 0.611. The van der Waals surface area contributed by atoms with Crippen molar-refractivity contribution in [3.8, 4) is 0 Å². The molecular formula is C18H30N4O3S. The van der Waals surface area contributed by atoms with Gasteiger partial charge >= 0.3 is 0 Å². The van der Waals surface area contributed by atoms with Crippen molar-refractivity contribution in [2.45, 2.75) is 25.3 Å². The number of piperidine rings is 1. The quantitative estimate of drug-likeness (QED) is 0.613. The van der Waals surface area contributed by atoms with E-state index in [0.29, 0.717) is 13.1 Å². The molecule has 0 atom stereocenters. The van der Waals surface area contributed by atoms with Crippen LogP contribution in [0.25, 0.3) is 0 Å². The lowest BCUT2D eigenvalue weighted by Gasteiger charge is -2.31. The molecule has 0 saturated carbocycles. The SMILES string of the molecule is CN(CCCNC(=O)CN1CCC(NS(C)(=O)=O)CC1)c1ccccc1. The summed E-state index contributed by atoms with van der Waals surface area (Å²) in [6.07, 6.45) is 3.55. The van der Waals surface area contributed by atoms with E-state index in [1.54, 1.807) is 0 Å². The second-order valence-corrected chi connectivity index (χ2v) is 8.68. The largest absolute Gasteiger partial charge is 0.375 e. The third-order valence-corrected chi connectivity index (χ3v) is 5.29. The van der Waals surface area contributed by atoms with E-state index >= 15 is 0 Å². The van der Waals surface area contributed by atoms with E-state index in [1.807, 2.05) is 25.2 Å². The molecule has 1 aromatic rings. The Morgan fingerprint density at radius 2 is 1.88 bits per heavy atom. The van der Waals surface area contributed by atoms with Gasteiger partial charge in [-0.15, -0.1) is 0 Å². The van der Waals surface area contributed by atoms with Crippen molar-refractivity contribution in [1.29, 1.82) is 0 Å². The molecule has 0 unspecified atom stereocenters. The molecule has 0 aromatic heterocycles. The van der Waals surface area contributed by atoms with Gasteiger partial charge in [-0.3, -0.25) is 9.69 Å². The molecule has 0 bridgehead atoms. The molecule has 0 aliphatic carbocycles. The maximum atomic E-state index is 12.1. The number of nitrogens with zero attached hydrogens (tertiary/aromatic N) is 2. The Morgan fingerprint density at radius 1 is 1.23 bits per heavy atom. The van der Waals surface area contributed by atoms with Crippen LogP contribution in [-0.4, -0.2) is 71.3 Å². The van der Waals surface area contributed by atoms with Crippen LogP contribution in [0.5, 0.6) is 0 Å². The van der Waals surface area contributed by atoms with E-state index < -0.39 is 10.0 Å². The number of sulfonamides is 1. The number of likely N-dealkylation sites (tertiary alicyclic amines) is 1. The monoisotopic (exact) mass is 382 g/mol. The molecule has 0 radical (unpaired) electrons. The highest BCUT2D eigenvalue weighted by atomic mass is 32.2. The minimum atomic E-state index is -3.16. The van der Waals surface area contributed by atoms with Gasteiger partial charge in [0.15, 0.2) is 0 Å². The smallest absolute Gasteiger partial charge is 0.234 e. The minimum Gasteiger partial charge on any atom is -0.375 e. The number of benzene rings is 1. The predicted octanol–water partition coefficient (Wildman–Crippen LogP) is 0.643. The fourth-order valence-corrected chi connectivity index (χ4v) is 3.97. The van der Waals surface area contributed by atoms with Gasteiger partial charge in [0.05, 0.1) is 12.8 Å². The fourth-order valence-electron chi connectivity index (χ4n) is 3.13. The van der Waals surface area contributed by atoms with Crippen LogP contribution >= 0.6 is 0 Å². The van der Waals surface area contributed by atoms with Gasteiger partial charge in [0.1, 0.15) is 0 Å². The van der Waals surface area contributed by atoms with Crippen LogP contribution in [0.3, 0.4) is 0 Å². The summed E-state index contributed by atoms with van der Waals surface area (Å²) >= 11 is 0. The summed E-state index contributed by atoms with van der Waals surface area (Å²) in [6.45, 7) is 3.38. The minimum absolute atomic E-state index is 0.0159. The Hall–Kier alpha value is -1.64. The van der Waals surface area contributed by atoms with Crippen LogP contribution in [0, 0.1) is 0 Å². The van der Waals surface area contributed by atoms with Gasteiger partial charge in [0, 0.05) is 45.0 Å². The van der Waals surface area contributed by atoms with Crippen molar-refractivity contribution in [2.75, 3.05) is 50.9 Å². The van der Waals surface area contributed by atoms with Crippen LogP contribution in [0.1, 0.15) is 19.3 Å². The Balaban J connectivity index is 1.58. The number of para-hydroxylation sites is 1. The van der Waals surface area contributed by atoms with E-state index in [2.05, 4.69) is 32.0 Å². The summed E-state index contributed by atoms with van der Waals surface area (Å²) < 4.78 is 25.1. The van der Waals surface area contributed by atoms with Gasteiger partial charge in [-0.2, -0.15) is 0 Å². The molecule has 2 rings (SSSR count). The first-order valence-electron chi connectivity index (χ1n) is 9.06. The van der Waals surface area contributed by atoms with Crippen molar-refractivity contribution in [2.24, 2.45) is 0 Å². The third-order valence-electron chi connectivity index (χ3n) is 4.52. The maximum Gasteiger partial charge on any atom is 0.234 e. The molecule has 1 aliphatic heterocycles. The van der Waals surface area contributed by atoms with Crippen LogP contribution in [0.2, 0.25) is 0 Å². The number of nitrogens with one attached hydrogen (secondary N) is 2. The lowest BCUT2D eigenvalue weighted by atomic mass is 10.1. The van der Waals surface area contributed by atoms with Crippen molar-refractivity contribution in [3.05, 3.63) is 30.3 Å². The summed E-state index contributed by atoms with van der Waals surface area (Å²) in [6, 6.07) is 10.2. The zero-order chi connectivity index (χ0) is 19.0. The average Bonchev–Trinajstić information content (AvgIpc) is 2.60. The molecule has 1 aromatic carbocycles. The third kappa shape index (κ3) is 7.72. The van der Waals surface area contributed by atoms with Gasteiger partial charge in [0.2, 0.25) is 15.9 Å². The Kier molecular flexibility index (Phi) is 7.86. The zero-order valence-corrected chi connectivity index (χ0v) is 16.5. The van der Waals surface area contributed by atoms with Crippen molar-refractivity contribution >= 4 is 21.6 Å². The molecule has 8 heteroatoms. The average molecular weight is 383 g/mol. The maximum absolute atomic E-state index is 12.1. The molecule has 26 heavy (non-hydrogen) atoms. The normalized spacial score (nSPS) is 16.4. The number of rotatable bonds is 9. The number of hydrogen-bond donors (Lipinski definition) is 2. The first kappa shape index (κ1) is 20.7. The standard InChI is InChI=1S/C18H30N4O3S/c1-21(17-7-4-3-5-8-17)12-6-11-19-18(23)15-22-13-9-16(10-14-22)20-26(2,24)25/h3-5,7-8,16,20H,6,9-15H2,1-2H3,(H,19,23). The second-order valence-electron chi connectivity index (χ2n) is 6.90. The highest BCUT2D eigenvalue weighted by molar-refractivity contribution is 7.88. The summed E-state index contributed by atoms with van der Waals surface area (Å²) in [7, 11) is -1.11. The first-order valence-corrected chi connectivity index (χ1v) is 10.9. The number of amides is 1. The van der Waals surface area contributed by atoms with Crippen LogP contribution in [0.4, 0.5) is 5.69 Å². The number of hydrogen-bond acceptors (Lipinski definition) is 5. The van der Waals surface area contributed by atoms with Crippen molar-refractivity contribution < 1.29 is 13.2 Å². The molecule has 7 nitrogen and oxygen atoms in total. The first-order chi connectivity index (χ1) is 12.3. The Bertz CT molecular complexity index is 658. The molecule has 1 amide bonds. The topological polar surface area (TPSA) is 81.8 Å². The van der Waals surface area contributed by atoms with Gasteiger partial charge < -0.3 is 10.2 Å². The molecule has 1 saturated heterocycles. The Labute approximate surface area is 156 Å². The van der Waals surface area contributed by atoms with Gasteiger partial charge in [0.25, 0.3) is 0 Å². The van der Waals surface area contributed by atoms with E-state index in [-0.39, 0.29) is 11.9 Å². The van der Waals surface area contributed by atoms with Gasteiger partial charge in [-0.1, -0.05) is 18.2 Å². The molecule has 1 heterocycles. The summed E-state index contributed by atoms with van der Waals surface area (Å²) in [5.74, 6) is 0.0295. The summed E-state index contributed by atoms with van der Waals surface area (Å²) in [5.41, 5.74) is 1.17. The molecular weight excluding hydrogens is 352 g/mol. The van der Waals surface area contributed by atoms with Crippen LogP contribution < -0.4 is 14.9 Å². The van der Waals surface area contributed by atoms with E-state index in [0.717, 1.165) is 38.9 Å². The van der Waals surface area contributed by atoms with Crippen LogP contribution in [-0.2, 0) is 14.8 Å². The molecule has 1 aliphatic rings. The van der Waals surface area contributed by atoms with Gasteiger partial charge in [-0.25, -0.2) is 13.1 Å². The zero-order valence-electron chi connectivity index (χ0n) is 15.6. The Morgan fingerprint density at radius 3 is 2.50 bits per heavy atom. The highest BCUT2D eigenvalue weighted by Crippen LogP contribution is 2.11. The van der Waals surface area contributed by atoms with E-state index in [9.17, 15) is 13.2 Å². The summed E-state index contributed by atoms with van der Waals surface area (Å²) in [5, 5.41) is 2.97. The molecule has 0 spiro atoms. The highest BCUT2D eigenvalue weighted by Gasteiger charge is 2.22. The number of anilines is 1. The van der Waals surface area contributed by atoms with E-state index in [4.69, 9.17) is 0 Å².